The fourth-order valence-corrected chi connectivity index (χ4v) is 5.96. The van der Waals surface area contributed by atoms with Gasteiger partial charge in [-0.1, -0.05) is 146 Å². The average molecular weight is 479 g/mol. The Hall–Kier alpha value is -3.69. The summed E-state index contributed by atoms with van der Waals surface area (Å²) >= 11 is 0. The molecule has 0 bridgehead atoms. The van der Waals surface area contributed by atoms with Gasteiger partial charge in [0, 0.05) is 11.8 Å². The maximum Gasteiger partial charge on any atom is 0.152 e. The predicted octanol–water partition coefficient (Wildman–Crippen LogP) is 7.40. The SMILES string of the molecule is O=S(=O)(CC(C=Cc1ccccc1)c1ccccc1)CC(C=Cc1ccccc1)c1ccccc1. The molecule has 0 saturated heterocycles. The molecule has 0 heterocycles. The molecule has 0 aliphatic carbocycles. The van der Waals surface area contributed by atoms with Crippen molar-refractivity contribution in [2.75, 3.05) is 11.5 Å². The molecular weight excluding hydrogens is 448 g/mol. The van der Waals surface area contributed by atoms with Crippen LogP contribution in [0.25, 0.3) is 12.2 Å². The normalized spacial score (nSPS) is 13.7. The van der Waals surface area contributed by atoms with Crippen LogP contribution in [0.2, 0.25) is 0 Å². The molecule has 0 N–H and O–H groups in total. The summed E-state index contributed by atoms with van der Waals surface area (Å²) in [5.41, 5.74) is 4.11. The van der Waals surface area contributed by atoms with Gasteiger partial charge < -0.3 is 0 Å². The van der Waals surface area contributed by atoms with Gasteiger partial charge >= 0.3 is 0 Å². The third kappa shape index (κ3) is 7.66. The van der Waals surface area contributed by atoms with Gasteiger partial charge in [-0.3, -0.25) is 0 Å². The number of hydrogen-bond donors (Lipinski definition) is 0. The number of benzene rings is 4. The number of sulfone groups is 1. The Morgan fingerprint density at radius 3 is 1.14 bits per heavy atom. The molecule has 2 atom stereocenters. The quantitative estimate of drug-likeness (QED) is 0.238. The summed E-state index contributed by atoms with van der Waals surface area (Å²) < 4.78 is 27.1. The van der Waals surface area contributed by atoms with Crippen LogP contribution in [0.4, 0.5) is 0 Å². The Bertz CT molecular complexity index is 1230. The van der Waals surface area contributed by atoms with E-state index >= 15 is 0 Å². The zero-order valence-electron chi connectivity index (χ0n) is 19.7. The zero-order valence-corrected chi connectivity index (χ0v) is 20.5. The van der Waals surface area contributed by atoms with Gasteiger partial charge in [0.1, 0.15) is 0 Å². The van der Waals surface area contributed by atoms with Gasteiger partial charge in [0.2, 0.25) is 0 Å². The highest BCUT2D eigenvalue weighted by atomic mass is 32.2. The van der Waals surface area contributed by atoms with Crippen LogP contribution >= 0.6 is 0 Å². The van der Waals surface area contributed by atoms with E-state index in [4.69, 9.17) is 0 Å². The second kappa shape index (κ2) is 12.1. The van der Waals surface area contributed by atoms with Gasteiger partial charge in [0.05, 0.1) is 11.5 Å². The van der Waals surface area contributed by atoms with Gasteiger partial charge in [0.15, 0.2) is 9.84 Å². The standard InChI is InChI=1S/C32H30O2S/c33-35(34,25-31(29-17-9-3-10-18-29)23-21-27-13-5-1-6-14-27)26-32(30-19-11-4-12-20-30)24-22-28-15-7-2-8-16-28/h1-24,31-32H,25-26H2. The van der Waals surface area contributed by atoms with Crippen molar-refractivity contribution in [3.05, 3.63) is 156 Å². The summed E-state index contributed by atoms with van der Waals surface area (Å²) in [7, 11) is -3.39. The van der Waals surface area contributed by atoms with Crippen molar-refractivity contribution in [2.45, 2.75) is 11.8 Å². The highest BCUT2D eigenvalue weighted by Gasteiger charge is 2.23. The lowest BCUT2D eigenvalue weighted by Crippen LogP contribution is -2.20. The Morgan fingerprint density at radius 1 is 0.486 bits per heavy atom. The second-order valence-electron chi connectivity index (χ2n) is 8.65. The van der Waals surface area contributed by atoms with Gasteiger partial charge in [-0.05, 0) is 22.3 Å². The van der Waals surface area contributed by atoms with Crippen LogP contribution in [0.1, 0.15) is 34.1 Å². The molecule has 2 nitrogen and oxygen atoms in total. The van der Waals surface area contributed by atoms with E-state index in [-0.39, 0.29) is 23.3 Å². The molecule has 3 heteroatoms. The zero-order chi connectivity index (χ0) is 24.3. The Kier molecular flexibility index (Phi) is 8.48. The van der Waals surface area contributed by atoms with Crippen LogP contribution in [0.15, 0.2) is 133 Å². The molecule has 0 aliphatic heterocycles. The number of hydrogen-bond acceptors (Lipinski definition) is 2. The van der Waals surface area contributed by atoms with Gasteiger partial charge in [0.25, 0.3) is 0 Å². The lowest BCUT2D eigenvalue weighted by Gasteiger charge is -2.18. The first-order valence-corrected chi connectivity index (χ1v) is 13.7. The van der Waals surface area contributed by atoms with E-state index in [2.05, 4.69) is 0 Å². The molecule has 4 rings (SSSR count). The highest BCUT2D eigenvalue weighted by Crippen LogP contribution is 2.26. The van der Waals surface area contributed by atoms with Crippen molar-refractivity contribution in [3.8, 4) is 0 Å². The van der Waals surface area contributed by atoms with Gasteiger partial charge in [-0.25, -0.2) is 8.42 Å². The third-order valence-corrected chi connectivity index (χ3v) is 7.70. The number of allylic oxidation sites excluding steroid dienone is 2. The van der Waals surface area contributed by atoms with E-state index in [1.165, 1.54) is 0 Å². The van der Waals surface area contributed by atoms with Crippen LogP contribution in [0, 0.1) is 0 Å². The van der Waals surface area contributed by atoms with Gasteiger partial charge in [-0.2, -0.15) is 0 Å². The van der Waals surface area contributed by atoms with Crippen molar-refractivity contribution < 1.29 is 8.42 Å². The minimum absolute atomic E-state index is 0.0584. The summed E-state index contributed by atoms with van der Waals surface area (Å²) in [5.74, 6) is -0.335. The Labute approximate surface area is 209 Å². The van der Waals surface area contributed by atoms with E-state index in [1.807, 2.05) is 146 Å². The van der Waals surface area contributed by atoms with Crippen molar-refractivity contribution in [1.29, 1.82) is 0 Å². The third-order valence-electron chi connectivity index (χ3n) is 5.96. The fourth-order valence-electron chi connectivity index (χ4n) is 4.12. The molecule has 0 fully saturated rings. The summed E-state index contributed by atoms with van der Waals surface area (Å²) in [6.45, 7) is 0. The summed E-state index contributed by atoms with van der Waals surface area (Å²) in [6.07, 6.45) is 8.05. The second-order valence-corrected chi connectivity index (χ2v) is 10.8. The van der Waals surface area contributed by atoms with E-state index in [1.54, 1.807) is 0 Å². The van der Waals surface area contributed by atoms with E-state index in [0.717, 1.165) is 22.3 Å². The summed E-state index contributed by atoms with van der Waals surface area (Å²) in [5, 5.41) is 0. The van der Waals surface area contributed by atoms with Crippen molar-refractivity contribution >= 4 is 22.0 Å². The molecule has 0 aliphatic rings. The van der Waals surface area contributed by atoms with Crippen LogP contribution < -0.4 is 0 Å². The largest absolute Gasteiger partial charge is 0.229 e. The summed E-state index contributed by atoms with van der Waals surface area (Å²) in [4.78, 5) is 0. The van der Waals surface area contributed by atoms with E-state index < -0.39 is 9.84 Å². The minimum Gasteiger partial charge on any atom is -0.229 e. The van der Waals surface area contributed by atoms with Crippen molar-refractivity contribution in [2.24, 2.45) is 0 Å². The first-order chi connectivity index (χ1) is 17.1. The molecule has 0 saturated carbocycles. The van der Waals surface area contributed by atoms with E-state index in [0.29, 0.717) is 0 Å². The Balaban J connectivity index is 1.59. The minimum atomic E-state index is -3.39. The summed E-state index contributed by atoms with van der Waals surface area (Å²) in [6, 6.07) is 39.7. The van der Waals surface area contributed by atoms with Gasteiger partial charge in [-0.15, -0.1) is 0 Å². The van der Waals surface area contributed by atoms with Crippen LogP contribution in [-0.4, -0.2) is 19.9 Å². The average Bonchev–Trinajstić information content (AvgIpc) is 2.91. The van der Waals surface area contributed by atoms with Crippen molar-refractivity contribution in [1.82, 2.24) is 0 Å². The van der Waals surface area contributed by atoms with E-state index in [9.17, 15) is 8.42 Å². The molecule has 4 aromatic carbocycles. The maximum absolute atomic E-state index is 13.6. The lowest BCUT2D eigenvalue weighted by molar-refractivity contribution is 0.590. The maximum atomic E-state index is 13.6. The molecule has 2 unspecified atom stereocenters. The molecule has 0 radical (unpaired) electrons. The fraction of sp³-hybridized carbons (Fsp3) is 0.125. The topological polar surface area (TPSA) is 34.1 Å². The molecule has 4 aromatic rings. The monoisotopic (exact) mass is 478 g/mol. The molecule has 35 heavy (non-hydrogen) atoms. The molecule has 0 amide bonds. The van der Waals surface area contributed by atoms with Crippen LogP contribution in [-0.2, 0) is 9.84 Å². The molecule has 176 valence electrons. The van der Waals surface area contributed by atoms with Crippen LogP contribution in [0.3, 0.4) is 0 Å². The predicted molar refractivity (Wildman–Crippen MR) is 148 cm³/mol. The lowest BCUT2D eigenvalue weighted by atomic mass is 9.99. The first-order valence-electron chi connectivity index (χ1n) is 11.9. The first kappa shape index (κ1) is 24.4. The molecule has 0 aromatic heterocycles. The highest BCUT2D eigenvalue weighted by molar-refractivity contribution is 7.91. The molecule has 0 spiro atoms. The smallest absolute Gasteiger partial charge is 0.152 e. The van der Waals surface area contributed by atoms with Crippen molar-refractivity contribution in [3.63, 3.8) is 0 Å². The number of rotatable bonds is 10. The Morgan fingerprint density at radius 2 is 0.800 bits per heavy atom. The van der Waals surface area contributed by atoms with Crippen LogP contribution in [0.5, 0.6) is 0 Å². The molecular formula is C32H30O2S.